The van der Waals surface area contributed by atoms with E-state index in [1.807, 2.05) is 31.4 Å². The third-order valence-electron chi connectivity index (χ3n) is 6.27. The van der Waals surface area contributed by atoms with Crippen LogP contribution in [0.4, 0.5) is 0 Å². The molecule has 206 valence electrons. The van der Waals surface area contributed by atoms with Gasteiger partial charge in [0.05, 0.1) is 58.3 Å². The number of carbonyl (C=O) groups is 2. The van der Waals surface area contributed by atoms with Gasteiger partial charge in [-0.2, -0.15) is 0 Å². The van der Waals surface area contributed by atoms with Crippen LogP contribution in [0.2, 0.25) is 0 Å². The van der Waals surface area contributed by atoms with Crippen LogP contribution in [-0.2, 0) is 16.1 Å². The lowest BCUT2D eigenvalue weighted by Gasteiger charge is -2.26. The van der Waals surface area contributed by atoms with Gasteiger partial charge in [0.15, 0.2) is 11.5 Å². The minimum atomic E-state index is -0.943. The summed E-state index contributed by atoms with van der Waals surface area (Å²) in [5.41, 5.74) is 0.702. The summed E-state index contributed by atoms with van der Waals surface area (Å²) in [5, 5.41) is 13.5. The molecule has 1 atom stereocenters. The molecule has 1 saturated heterocycles. The monoisotopic (exact) mass is 553 g/mol. The first-order chi connectivity index (χ1) is 18.9. The van der Waals surface area contributed by atoms with Crippen molar-refractivity contribution in [3.05, 3.63) is 69.4 Å². The zero-order valence-electron chi connectivity index (χ0n) is 22.5. The number of rotatable bonds is 11. The molecule has 1 unspecified atom stereocenters. The largest absolute Gasteiger partial charge is 0.507 e. The van der Waals surface area contributed by atoms with E-state index >= 15 is 0 Å². The Kier molecular flexibility index (Phi) is 8.65. The van der Waals surface area contributed by atoms with Crippen molar-refractivity contribution in [1.29, 1.82) is 0 Å². The number of methoxy groups -OCH3 is 3. The fourth-order valence-electron chi connectivity index (χ4n) is 4.59. The number of thiophene rings is 1. The third-order valence-corrected chi connectivity index (χ3v) is 7.13. The molecule has 0 radical (unpaired) electrons. The molecule has 39 heavy (non-hydrogen) atoms. The second kappa shape index (κ2) is 12.1. The first kappa shape index (κ1) is 27.8. The average Bonchev–Trinajstić information content (AvgIpc) is 3.54. The minimum Gasteiger partial charge on any atom is -0.507 e. The van der Waals surface area contributed by atoms with Crippen molar-refractivity contribution < 1.29 is 38.4 Å². The van der Waals surface area contributed by atoms with E-state index in [0.717, 1.165) is 4.88 Å². The first-order valence-electron chi connectivity index (χ1n) is 12.4. The molecular formula is C29H31NO8S. The maximum absolute atomic E-state index is 13.6. The van der Waals surface area contributed by atoms with Gasteiger partial charge in [0.1, 0.15) is 17.3 Å². The van der Waals surface area contributed by atoms with Crippen LogP contribution < -0.4 is 23.7 Å². The molecule has 4 rings (SSSR count). The number of aliphatic hydroxyl groups excluding tert-OH is 1. The number of aliphatic hydroxyl groups is 1. The predicted octanol–water partition coefficient (Wildman–Crippen LogP) is 5.19. The molecule has 0 spiro atoms. The van der Waals surface area contributed by atoms with Gasteiger partial charge in [-0.3, -0.25) is 9.59 Å². The molecule has 1 amide bonds. The third kappa shape index (κ3) is 5.37. The lowest BCUT2D eigenvalue weighted by molar-refractivity contribution is -0.140. The van der Waals surface area contributed by atoms with Gasteiger partial charge in [-0.15, -0.1) is 11.3 Å². The number of nitrogens with zero attached hydrogens (tertiary/aromatic N) is 1. The Balaban J connectivity index is 1.96. The van der Waals surface area contributed by atoms with Gasteiger partial charge in [0, 0.05) is 10.9 Å². The lowest BCUT2D eigenvalue weighted by atomic mass is 9.94. The van der Waals surface area contributed by atoms with Crippen molar-refractivity contribution in [3.8, 4) is 28.7 Å². The zero-order chi connectivity index (χ0) is 28.1. The number of likely N-dealkylation sites (tertiary alicyclic amines) is 1. The molecule has 3 aromatic rings. The van der Waals surface area contributed by atoms with Crippen molar-refractivity contribution >= 4 is 28.8 Å². The van der Waals surface area contributed by atoms with E-state index in [9.17, 15) is 14.7 Å². The van der Waals surface area contributed by atoms with E-state index in [-0.39, 0.29) is 23.4 Å². The van der Waals surface area contributed by atoms with E-state index in [4.69, 9.17) is 23.7 Å². The second-order valence-corrected chi connectivity index (χ2v) is 9.52. The van der Waals surface area contributed by atoms with Crippen molar-refractivity contribution in [2.75, 3.05) is 34.5 Å². The Bertz CT molecular complexity index is 1360. The second-order valence-electron chi connectivity index (χ2n) is 8.49. The summed E-state index contributed by atoms with van der Waals surface area (Å²) in [6, 6.07) is 11.1. The molecule has 1 aliphatic rings. The molecule has 2 heterocycles. The number of carbonyl (C=O) groups excluding carboxylic acids is 2. The highest BCUT2D eigenvalue weighted by Gasteiger charge is 2.47. The number of Topliss-reactive ketones (excluding diaryl/α,β-unsaturated/α-hetero) is 1. The molecule has 0 aliphatic carbocycles. The zero-order valence-corrected chi connectivity index (χ0v) is 23.3. The van der Waals surface area contributed by atoms with Crippen molar-refractivity contribution in [2.45, 2.75) is 26.4 Å². The quantitative estimate of drug-likeness (QED) is 0.197. The average molecular weight is 554 g/mol. The molecule has 1 aromatic heterocycles. The highest BCUT2D eigenvalue weighted by atomic mass is 32.1. The number of hydrogen-bond acceptors (Lipinski definition) is 9. The Morgan fingerprint density at radius 2 is 1.62 bits per heavy atom. The van der Waals surface area contributed by atoms with Crippen molar-refractivity contribution in [1.82, 2.24) is 4.90 Å². The number of ketones is 1. The minimum absolute atomic E-state index is 0.0732. The van der Waals surface area contributed by atoms with E-state index in [1.165, 1.54) is 37.6 Å². The Hall–Kier alpha value is -4.18. The topological polar surface area (TPSA) is 104 Å². The van der Waals surface area contributed by atoms with Gasteiger partial charge in [-0.1, -0.05) is 6.07 Å². The van der Waals surface area contributed by atoms with Gasteiger partial charge < -0.3 is 33.7 Å². The molecular weight excluding hydrogens is 522 g/mol. The molecule has 2 aromatic carbocycles. The fourth-order valence-corrected chi connectivity index (χ4v) is 5.30. The standard InChI is InChI=1S/C29H31NO8S/c1-6-37-18-10-11-20(21(15-18)38-7-2)26(31)24-25(17-13-22(34-3)28(36-5)23(14-17)35-4)30(29(33)27(24)32)16-19-9-8-12-39-19/h8-15,25,31H,6-7,16H2,1-5H3/b26-24+. The number of amides is 1. The summed E-state index contributed by atoms with van der Waals surface area (Å²) < 4.78 is 27.9. The maximum atomic E-state index is 13.6. The highest BCUT2D eigenvalue weighted by molar-refractivity contribution is 7.09. The number of benzene rings is 2. The van der Waals surface area contributed by atoms with Gasteiger partial charge in [0.2, 0.25) is 5.75 Å². The van der Waals surface area contributed by atoms with Crippen LogP contribution in [-0.4, -0.2) is 56.2 Å². The molecule has 9 nitrogen and oxygen atoms in total. The summed E-state index contributed by atoms with van der Waals surface area (Å²) >= 11 is 1.47. The SMILES string of the molecule is CCOc1ccc(/C(O)=C2\C(=O)C(=O)N(Cc3cccs3)C2c2cc(OC)c(OC)c(OC)c2)c(OCC)c1. The van der Waals surface area contributed by atoms with Crippen LogP contribution >= 0.6 is 11.3 Å². The number of hydrogen-bond donors (Lipinski definition) is 1. The first-order valence-corrected chi connectivity index (χ1v) is 13.3. The maximum Gasteiger partial charge on any atom is 0.295 e. The molecule has 1 aliphatic heterocycles. The molecule has 1 fully saturated rings. The molecule has 10 heteroatoms. The van der Waals surface area contributed by atoms with Gasteiger partial charge in [0.25, 0.3) is 11.7 Å². The Morgan fingerprint density at radius 3 is 2.18 bits per heavy atom. The summed E-state index contributed by atoms with van der Waals surface area (Å²) in [6.07, 6.45) is 0. The van der Waals surface area contributed by atoms with Crippen LogP contribution in [0.3, 0.4) is 0 Å². The van der Waals surface area contributed by atoms with Crippen LogP contribution in [0, 0.1) is 0 Å². The van der Waals surface area contributed by atoms with Crippen LogP contribution in [0.15, 0.2) is 53.4 Å². The van der Waals surface area contributed by atoms with Crippen molar-refractivity contribution in [2.24, 2.45) is 0 Å². The van der Waals surface area contributed by atoms with Gasteiger partial charge in [-0.25, -0.2) is 0 Å². The van der Waals surface area contributed by atoms with Crippen LogP contribution in [0.25, 0.3) is 5.76 Å². The summed E-state index contributed by atoms with van der Waals surface area (Å²) in [7, 11) is 4.46. The van der Waals surface area contributed by atoms with Gasteiger partial charge in [-0.05, 0) is 55.1 Å². The highest BCUT2D eigenvalue weighted by Crippen LogP contribution is 2.47. The molecule has 0 bridgehead atoms. The Labute approximate surface area is 231 Å². The molecule has 0 saturated carbocycles. The summed E-state index contributed by atoms with van der Waals surface area (Å²) in [4.78, 5) is 29.3. The van der Waals surface area contributed by atoms with E-state index in [1.54, 1.807) is 30.3 Å². The van der Waals surface area contributed by atoms with E-state index in [2.05, 4.69) is 0 Å². The van der Waals surface area contributed by atoms with Crippen LogP contribution in [0.1, 0.15) is 35.9 Å². The smallest absolute Gasteiger partial charge is 0.295 e. The lowest BCUT2D eigenvalue weighted by Crippen LogP contribution is -2.29. The number of ether oxygens (including phenoxy) is 5. The summed E-state index contributed by atoms with van der Waals surface area (Å²) in [6.45, 7) is 4.61. The normalized spacial score (nSPS) is 16.3. The van der Waals surface area contributed by atoms with Gasteiger partial charge >= 0.3 is 0 Å². The van der Waals surface area contributed by atoms with E-state index < -0.39 is 17.7 Å². The van der Waals surface area contributed by atoms with E-state index in [0.29, 0.717) is 47.5 Å². The fraction of sp³-hybridized carbons (Fsp3) is 0.310. The van der Waals surface area contributed by atoms with Crippen molar-refractivity contribution in [3.63, 3.8) is 0 Å². The summed E-state index contributed by atoms with van der Waals surface area (Å²) in [5.74, 6) is 0.0586. The van der Waals surface area contributed by atoms with Crippen LogP contribution in [0.5, 0.6) is 28.7 Å². The Morgan fingerprint density at radius 1 is 0.923 bits per heavy atom. The molecule has 1 N–H and O–H groups in total. The predicted molar refractivity (Wildman–Crippen MR) is 147 cm³/mol.